The van der Waals surface area contributed by atoms with E-state index in [0.29, 0.717) is 34.9 Å². The van der Waals surface area contributed by atoms with Gasteiger partial charge in [-0.1, -0.05) is 15.9 Å². The number of hydrogen-bond donors (Lipinski definition) is 2. The van der Waals surface area contributed by atoms with E-state index in [1.165, 1.54) is 4.31 Å². The van der Waals surface area contributed by atoms with Crippen LogP contribution in [0.5, 0.6) is 0 Å². The molecule has 1 amide bonds. The van der Waals surface area contributed by atoms with Gasteiger partial charge in [0, 0.05) is 34.0 Å². The minimum absolute atomic E-state index is 0.115. The van der Waals surface area contributed by atoms with Crippen molar-refractivity contribution in [2.75, 3.05) is 19.7 Å². The largest absolute Gasteiger partial charge is 0.394 e. The van der Waals surface area contributed by atoms with Crippen LogP contribution in [0.25, 0.3) is 0 Å². The van der Waals surface area contributed by atoms with Gasteiger partial charge >= 0.3 is 0 Å². The van der Waals surface area contributed by atoms with Crippen LogP contribution in [0.15, 0.2) is 32.0 Å². The van der Waals surface area contributed by atoms with Crippen molar-refractivity contribution < 1.29 is 18.3 Å². The van der Waals surface area contributed by atoms with Crippen molar-refractivity contribution in [3.63, 3.8) is 0 Å². The lowest BCUT2D eigenvalue weighted by molar-refractivity contribution is -0.127. The molecule has 0 bridgehead atoms. The van der Waals surface area contributed by atoms with Crippen LogP contribution in [0.4, 0.5) is 0 Å². The Bertz CT molecular complexity index is 703. The van der Waals surface area contributed by atoms with Gasteiger partial charge in [-0.15, -0.1) is 0 Å². The molecule has 0 aliphatic carbocycles. The number of nitrogens with one attached hydrogen (secondary N) is 1. The molecule has 1 heterocycles. The second kappa shape index (κ2) is 8.27. The number of piperidine rings is 1. The van der Waals surface area contributed by atoms with Gasteiger partial charge in [0.05, 0.1) is 11.5 Å². The molecule has 2 rings (SSSR count). The normalized spacial score (nSPS) is 18.3. The minimum atomic E-state index is -3.61. The molecular formula is C15H20Br2N2O4S. The van der Waals surface area contributed by atoms with Crippen LogP contribution in [0, 0.1) is 5.92 Å². The maximum Gasteiger partial charge on any atom is 0.244 e. The third kappa shape index (κ3) is 4.57. The Balaban J connectivity index is 2.06. The third-order valence-electron chi connectivity index (χ3n) is 4.00. The Morgan fingerprint density at radius 1 is 1.38 bits per heavy atom. The highest BCUT2D eigenvalue weighted by molar-refractivity contribution is 9.11. The van der Waals surface area contributed by atoms with Crippen LogP contribution in [-0.4, -0.2) is 49.5 Å². The number of amides is 1. The number of aliphatic hydroxyl groups is 1. The van der Waals surface area contributed by atoms with Gasteiger partial charge in [0.2, 0.25) is 15.9 Å². The summed E-state index contributed by atoms with van der Waals surface area (Å²) in [5.74, 6) is -0.353. The number of halogens is 2. The number of benzene rings is 1. The summed E-state index contributed by atoms with van der Waals surface area (Å²) in [5, 5.41) is 11.7. The van der Waals surface area contributed by atoms with Gasteiger partial charge in [0.25, 0.3) is 0 Å². The van der Waals surface area contributed by atoms with Gasteiger partial charge < -0.3 is 10.4 Å². The number of nitrogens with zero attached hydrogens (tertiary/aromatic N) is 1. The number of rotatable bonds is 5. The molecule has 0 saturated carbocycles. The average molecular weight is 484 g/mol. The van der Waals surface area contributed by atoms with Crippen molar-refractivity contribution in [2.45, 2.75) is 30.7 Å². The molecular weight excluding hydrogens is 464 g/mol. The molecule has 9 heteroatoms. The van der Waals surface area contributed by atoms with Crippen LogP contribution >= 0.6 is 31.9 Å². The maximum absolute atomic E-state index is 12.8. The smallest absolute Gasteiger partial charge is 0.244 e. The van der Waals surface area contributed by atoms with Crippen molar-refractivity contribution in [3.05, 3.63) is 27.1 Å². The molecule has 134 valence electrons. The second-order valence-electron chi connectivity index (χ2n) is 5.85. The standard InChI is InChI=1S/C15H20Br2N2O4S/c1-10(9-20)18-15(21)11-4-6-19(7-5-11)24(22,23)14-8-12(16)2-3-13(14)17/h2-3,8,10-11,20H,4-7,9H2,1H3,(H,18,21). The van der Waals surface area contributed by atoms with Gasteiger partial charge in [0.1, 0.15) is 0 Å². The van der Waals surface area contributed by atoms with Crippen molar-refractivity contribution in [2.24, 2.45) is 5.92 Å². The molecule has 2 N–H and O–H groups in total. The Labute approximate surface area is 158 Å². The van der Waals surface area contributed by atoms with E-state index in [-0.39, 0.29) is 29.4 Å². The predicted octanol–water partition coefficient (Wildman–Crippen LogP) is 2.11. The second-order valence-corrected chi connectivity index (χ2v) is 9.52. The maximum atomic E-state index is 12.8. The van der Waals surface area contributed by atoms with Crippen LogP contribution in [-0.2, 0) is 14.8 Å². The van der Waals surface area contributed by atoms with Crippen LogP contribution in [0.2, 0.25) is 0 Å². The number of sulfonamides is 1. The molecule has 1 saturated heterocycles. The number of carbonyl (C=O) groups is 1. The van der Waals surface area contributed by atoms with E-state index in [4.69, 9.17) is 5.11 Å². The molecule has 1 unspecified atom stereocenters. The highest BCUT2D eigenvalue weighted by Gasteiger charge is 2.33. The first-order valence-electron chi connectivity index (χ1n) is 7.62. The van der Waals surface area contributed by atoms with Crippen molar-refractivity contribution in [1.82, 2.24) is 9.62 Å². The predicted molar refractivity (Wildman–Crippen MR) is 98.0 cm³/mol. The molecule has 1 aromatic carbocycles. The topological polar surface area (TPSA) is 86.7 Å². The lowest BCUT2D eigenvalue weighted by atomic mass is 9.97. The first-order chi connectivity index (χ1) is 11.3. The molecule has 0 aromatic heterocycles. The Morgan fingerprint density at radius 2 is 2.00 bits per heavy atom. The SMILES string of the molecule is CC(CO)NC(=O)C1CCN(S(=O)(=O)c2cc(Br)ccc2Br)CC1. The molecule has 1 aliphatic heterocycles. The summed E-state index contributed by atoms with van der Waals surface area (Å²) >= 11 is 6.58. The minimum Gasteiger partial charge on any atom is -0.394 e. The van der Waals surface area contributed by atoms with E-state index in [1.807, 2.05) is 0 Å². The Kier molecular flexibility index (Phi) is 6.83. The number of aliphatic hydroxyl groups excluding tert-OH is 1. The van der Waals surface area contributed by atoms with E-state index in [0.717, 1.165) is 0 Å². The lowest BCUT2D eigenvalue weighted by Crippen LogP contribution is -2.45. The lowest BCUT2D eigenvalue weighted by Gasteiger charge is -2.31. The van der Waals surface area contributed by atoms with Gasteiger partial charge in [0.15, 0.2) is 0 Å². The van der Waals surface area contributed by atoms with Crippen molar-refractivity contribution in [3.8, 4) is 0 Å². The fourth-order valence-electron chi connectivity index (χ4n) is 2.58. The van der Waals surface area contributed by atoms with Gasteiger partial charge in [-0.3, -0.25) is 4.79 Å². The molecule has 1 fully saturated rings. The van der Waals surface area contributed by atoms with E-state index in [9.17, 15) is 13.2 Å². The quantitative estimate of drug-likeness (QED) is 0.671. The third-order valence-corrected chi connectivity index (χ3v) is 7.38. The summed E-state index contributed by atoms with van der Waals surface area (Å²) in [6.45, 7) is 2.21. The number of hydrogen-bond acceptors (Lipinski definition) is 4. The molecule has 6 nitrogen and oxygen atoms in total. The first kappa shape index (κ1) is 19.8. The number of carbonyl (C=O) groups excluding carboxylic acids is 1. The molecule has 0 radical (unpaired) electrons. The highest BCUT2D eigenvalue weighted by Crippen LogP contribution is 2.30. The molecule has 0 spiro atoms. The van der Waals surface area contributed by atoms with Crippen LogP contribution < -0.4 is 5.32 Å². The fourth-order valence-corrected chi connectivity index (χ4v) is 5.51. The summed E-state index contributed by atoms with van der Waals surface area (Å²) in [5.41, 5.74) is 0. The summed E-state index contributed by atoms with van der Waals surface area (Å²) < 4.78 is 28.2. The summed E-state index contributed by atoms with van der Waals surface area (Å²) in [7, 11) is -3.61. The van der Waals surface area contributed by atoms with E-state index in [1.54, 1.807) is 25.1 Å². The zero-order chi connectivity index (χ0) is 17.9. The van der Waals surface area contributed by atoms with Crippen LogP contribution in [0.3, 0.4) is 0 Å². The van der Waals surface area contributed by atoms with Gasteiger partial charge in [-0.05, 0) is 53.9 Å². The Hall–Kier alpha value is -0.480. The molecule has 1 aromatic rings. The first-order valence-corrected chi connectivity index (χ1v) is 10.6. The van der Waals surface area contributed by atoms with E-state index < -0.39 is 10.0 Å². The molecule has 24 heavy (non-hydrogen) atoms. The fraction of sp³-hybridized carbons (Fsp3) is 0.533. The molecule has 1 atom stereocenters. The summed E-state index contributed by atoms with van der Waals surface area (Å²) in [4.78, 5) is 12.3. The monoisotopic (exact) mass is 482 g/mol. The van der Waals surface area contributed by atoms with E-state index in [2.05, 4.69) is 37.2 Å². The Morgan fingerprint density at radius 3 is 2.58 bits per heavy atom. The van der Waals surface area contributed by atoms with Crippen LogP contribution in [0.1, 0.15) is 19.8 Å². The zero-order valence-electron chi connectivity index (χ0n) is 13.2. The summed E-state index contributed by atoms with van der Waals surface area (Å²) in [6, 6.07) is 4.73. The van der Waals surface area contributed by atoms with Crippen molar-refractivity contribution in [1.29, 1.82) is 0 Å². The van der Waals surface area contributed by atoms with Crippen molar-refractivity contribution >= 4 is 47.8 Å². The van der Waals surface area contributed by atoms with Gasteiger partial charge in [-0.25, -0.2) is 8.42 Å². The van der Waals surface area contributed by atoms with E-state index >= 15 is 0 Å². The van der Waals surface area contributed by atoms with Gasteiger partial charge in [-0.2, -0.15) is 4.31 Å². The summed E-state index contributed by atoms with van der Waals surface area (Å²) in [6.07, 6.45) is 0.934. The zero-order valence-corrected chi connectivity index (χ0v) is 17.2. The highest BCUT2D eigenvalue weighted by atomic mass is 79.9. The molecule has 1 aliphatic rings. The average Bonchev–Trinajstić information content (AvgIpc) is 2.56.